The van der Waals surface area contributed by atoms with Gasteiger partial charge in [0, 0.05) is 11.1 Å². The molecule has 2 aromatic rings. The van der Waals surface area contributed by atoms with Crippen molar-refractivity contribution >= 4 is 57.9 Å². The quantitative estimate of drug-likeness (QED) is 0.368. The first-order chi connectivity index (χ1) is 9.93. The number of benzene rings is 2. The van der Waals surface area contributed by atoms with E-state index in [0.717, 1.165) is 0 Å². The number of nitrogens with zero attached hydrogens (tertiary/aromatic N) is 1. The molecule has 7 heteroatoms. The van der Waals surface area contributed by atoms with Gasteiger partial charge in [0.15, 0.2) is 0 Å². The standard InChI is InChI=1S/C14H8Cl4N2O/c15-9-3-1-7(5-11(9)17)13(20-19)14(21)8-2-4-10(16)12(18)6-8/h1-6H,19H2/b20-13-. The smallest absolute Gasteiger partial charge is 0.213 e. The van der Waals surface area contributed by atoms with Crippen LogP contribution in [-0.2, 0) is 0 Å². The lowest BCUT2D eigenvalue weighted by Crippen LogP contribution is -2.18. The molecule has 2 N–H and O–H groups in total. The molecule has 0 fully saturated rings. The van der Waals surface area contributed by atoms with Crippen molar-refractivity contribution in [2.24, 2.45) is 10.9 Å². The minimum atomic E-state index is -0.394. The molecule has 0 aliphatic rings. The molecule has 0 aromatic heterocycles. The molecule has 0 aliphatic heterocycles. The predicted octanol–water partition coefficient (Wildman–Crippen LogP) is 4.85. The summed E-state index contributed by atoms with van der Waals surface area (Å²) in [6.07, 6.45) is 0. The number of rotatable bonds is 3. The average molecular weight is 362 g/mol. The van der Waals surface area contributed by atoms with E-state index in [-0.39, 0.29) is 10.7 Å². The van der Waals surface area contributed by atoms with Crippen molar-refractivity contribution in [3.05, 3.63) is 67.6 Å². The summed E-state index contributed by atoms with van der Waals surface area (Å²) in [7, 11) is 0. The number of hydrogen-bond donors (Lipinski definition) is 1. The SMILES string of the molecule is N/N=C(\C(=O)c1ccc(Cl)c(Cl)c1)c1ccc(Cl)c(Cl)c1. The van der Waals surface area contributed by atoms with Crippen LogP contribution in [0.15, 0.2) is 41.5 Å². The highest BCUT2D eigenvalue weighted by Crippen LogP contribution is 2.25. The monoisotopic (exact) mass is 360 g/mol. The first-order valence-corrected chi connectivity index (χ1v) is 7.18. The zero-order valence-corrected chi connectivity index (χ0v) is 13.4. The molecule has 0 atom stereocenters. The molecule has 0 heterocycles. The maximum Gasteiger partial charge on any atom is 0.213 e. The van der Waals surface area contributed by atoms with Gasteiger partial charge in [0.25, 0.3) is 0 Å². The lowest BCUT2D eigenvalue weighted by Gasteiger charge is -2.07. The third kappa shape index (κ3) is 3.50. The lowest BCUT2D eigenvalue weighted by atomic mass is 10.0. The summed E-state index contributed by atoms with van der Waals surface area (Å²) in [6, 6.07) is 9.21. The number of hydrogen-bond acceptors (Lipinski definition) is 3. The van der Waals surface area contributed by atoms with Gasteiger partial charge in [-0.25, -0.2) is 0 Å². The Bertz CT molecular complexity index is 744. The van der Waals surface area contributed by atoms with Crippen LogP contribution in [0.4, 0.5) is 0 Å². The van der Waals surface area contributed by atoms with E-state index in [1.165, 1.54) is 18.2 Å². The summed E-state index contributed by atoms with van der Waals surface area (Å²) < 4.78 is 0. The Morgan fingerprint density at radius 2 is 1.29 bits per heavy atom. The van der Waals surface area contributed by atoms with Gasteiger partial charge >= 0.3 is 0 Å². The maximum atomic E-state index is 12.4. The van der Waals surface area contributed by atoms with Gasteiger partial charge in [-0.1, -0.05) is 52.5 Å². The second-order valence-corrected chi connectivity index (χ2v) is 5.69. The number of carbonyl (C=O) groups is 1. The molecule has 0 unspecified atom stereocenters. The Balaban J connectivity index is 2.43. The molecule has 0 amide bonds. The van der Waals surface area contributed by atoms with Crippen LogP contribution in [-0.4, -0.2) is 11.5 Å². The molecule has 0 radical (unpaired) electrons. The highest BCUT2D eigenvalue weighted by atomic mass is 35.5. The maximum absolute atomic E-state index is 12.4. The normalized spacial score (nSPS) is 11.5. The number of ketones is 1. The Morgan fingerprint density at radius 1 is 0.810 bits per heavy atom. The van der Waals surface area contributed by atoms with Gasteiger partial charge in [0.05, 0.1) is 20.1 Å². The molecule has 0 saturated heterocycles. The van der Waals surface area contributed by atoms with Crippen molar-refractivity contribution in [3.8, 4) is 0 Å². The number of halogens is 4. The van der Waals surface area contributed by atoms with Crippen LogP contribution in [0.3, 0.4) is 0 Å². The molecule has 2 aromatic carbocycles. The van der Waals surface area contributed by atoms with Crippen LogP contribution in [0, 0.1) is 0 Å². The Morgan fingerprint density at radius 3 is 1.76 bits per heavy atom. The molecule has 3 nitrogen and oxygen atoms in total. The Labute approximate surface area is 141 Å². The topological polar surface area (TPSA) is 55.4 Å². The molecule has 0 bridgehead atoms. The molecular formula is C14H8Cl4N2O. The van der Waals surface area contributed by atoms with E-state index >= 15 is 0 Å². The molecule has 0 spiro atoms. The van der Waals surface area contributed by atoms with Crippen molar-refractivity contribution in [1.29, 1.82) is 0 Å². The van der Waals surface area contributed by atoms with E-state index in [1.54, 1.807) is 18.2 Å². The van der Waals surface area contributed by atoms with Crippen LogP contribution in [0.2, 0.25) is 20.1 Å². The first-order valence-electron chi connectivity index (χ1n) is 5.67. The van der Waals surface area contributed by atoms with Crippen molar-refractivity contribution in [1.82, 2.24) is 0 Å². The van der Waals surface area contributed by atoms with E-state index in [0.29, 0.717) is 26.2 Å². The van der Waals surface area contributed by atoms with Gasteiger partial charge in [-0.3, -0.25) is 4.79 Å². The van der Waals surface area contributed by atoms with E-state index in [9.17, 15) is 4.79 Å². The van der Waals surface area contributed by atoms with Crippen LogP contribution in [0.5, 0.6) is 0 Å². The van der Waals surface area contributed by atoms with Gasteiger partial charge in [0.2, 0.25) is 5.78 Å². The molecule has 21 heavy (non-hydrogen) atoms. The zero-order valence-electron chi connectivity index (χ0n) is 10.4. The van der Waals surface area contributed by atoms with E-state index < -0.39 is 5.78 Å². The second kappa shape index (κ2) is 6.67. The molecule has 0 saturated carbocycles. The fourth-order valence-electron chi connectivity index (χ4n) is 1.68. The summed E-state index contributed by atoms with van der Waals surface area (Å²) in [5, 5.41) is 4.85. The second-order valence-electron chi connectivity index (χ2n) is 4.06. The minimum absolute atomic E-state index is 0.0481. The van der Waals surface area contributed by atoms with Crippen LogP contribution in [0.25, 0.3) is 0 Å². The van der Waals surface area contributed by atoms with Crippen LogP contribution < -0.4 is 5.84 Å². The number of carbonyl (C=O) groups excluding carboxylic acids is 1. The fourth-order valence-corrected chi connectivity index (χ4v) is 2.28. The average Bonchev–Trinajstić information content (AvgIpc) is 2.46. The van der Waals surface area contributed by atoms with Gasteiger partial charge in [-0.15, -0.1) is 0 Å². The van der Waals surface area contributed by atoms with Crippen molar-refractivity contribution in [2.45, 2.75) is 0 Å². The summed E-state index contributed by atoms with van der Waals surface area (Å²) in [5.74, 6) is 4.94. The number of nitrogens with two attached hydrogens (primary N) is 1. The third-order valence-electron chi connectivity index (χ3n) is 2.72. The minimum Gasteiger partial charge on any atom is -0.323 e. The Kier molecular flexibility index (Phi) is 5.12. The summed E-state index contributed by atoms with van der Waals surface area (Å²) in [4.78, 5) is 12.4. The first kappa shape index (κ1) is 16.1. The van der Waals surface area contributed by atoms with Crippen molar-refractivity contribution in [3.63, 3.8) is 0 Å². The largest absolute Gasteiger partial charge is 0.323 e. The van der Waals surface area contributed by atoms with Crippen LogP contribution in [0.1, 0.15) is 15.9 Å². The highest BCUT2D eigenvalue weighted by Gasteiger charge is 2.18. The molecule has 108 valence electrons. The third-order valence-corrected chi connectivity index (χ3v) is 4.20. The highest BCUT2D eigenvalue weighted by molar-refractivity contribution is 6.52. The summed E-state index contributed by atoms with van der Waals surface area (Å²) in [5.41, 5.74) is 0.828. The van der Waals surface area contributed by atoms with Gasteiger partial charge < -0.3 is 5.84 Å². The van der Waals surface area contributed by atoms with Gasteiger partial charge in [0.1, 0.15) is 5.71 Å². The molecule has 0 aliphatic carbocycles. The van der Waals surface area contributed by atoms with E-state index in [2.05, 4.69) is 5.10 Å². The van der Waals surface area contributed by atoms with E-state index in [1.807, 2.05) is 0 Å². The van der Waals surface area contributed by atoms with Crippen LogP contribution >= 0.6 is 46.4 Å². The van der Waals surface area contributed by atoms with Crippen molar-refractivity contribution < 1.29 is 4.79 Å². The fraction of sp³-hybridized carbons (Fsp3) is 0. The van der Waals surface area contributed by atoms with Gasteiger partial charge in [-0.05, 0) is 30.3 Å². The van der Waals surface area contributed by atoms with Gasteiger partial charge in [-0.2, -0.15) is 5.10 Å². The number of hydrazone groups is 1. The molecule has 2 rings (SSSR count). The van der Waals surface area contributed by atoms with Crippen molar-refractivity contribution in [2.75, 3.05) is 0 Å². The van der Waals surface area contributed by atoms with E-state index in [4.69, 9.17) is 52.2 Å². The summed E-state index contributed by atoms with van der Waals surface area (Å²) in [6.45, 7) is 0. The zero-order chi connectivity index (χ0) is 15.6. The lowest BCUT2D eigenvalue weighted by molar-refractivity contribution is 0.106. The Hall–Kier alpha value is -1.26. The molecular weight excluding hydrogens is 354 g/mol. The number of Topliss-reactive ketones (excluding diaryl/α,β-unsaturated/α-hetero) is 1. The predicted molar refractivity (Wildman–Crippen MR) is 88.0 cm³/mol. The summed E-state index contributed by atoms with van der Waals surface area (Å²) >= 11 is 23.5.